The Kier molecular flexibility index (Phi) is 7.37. The van der Waals surface area contributed by atoms with Gasteiger partial charge in [0.2, 0.25) is 5.95 Å². The number of nitrogens with one attached hydrogen (secondary N) is 1. The zero-order valence-electron chi connectivity index (χ0n) is 21.4. The molecule has 2 atom stereocenters. The maximum atomic E-state index is 13.1. The topological polar surface area (TPSA) is 108 Å². The second-order valence-corrected chi connectivity index (χ2v) is 11.3. The summed E-state index contributed by atoms with van der Waals surface area (Å²) in [5.41, 5.74) is 0.140. The fourth-order valence-corrected chi connectivity index (χ4v) is 5.96. The lowest BCUT2D eigenvalue weighted by atomic mass is 9.63. The number of halogens is 3. The number of carboxylic acids is 1. The molecule has 0 unspecified atom stereocenters. The monoisotopic (exact) mass is 546 g/mol. The van der Waals surface area contributed by atoms with Crippen LogP contribution in [-0.4, -0.2) is 31.1 Å². The van der Waals surface area contributed by atoms with Crippen LogP contribution in [0, 0.1) is 11.3 Å². The van der Waals surface area contributed by atoms with Crippen molar-refractivity contribution in [1.82, 2.24) is 15.0 Å². The van der Waals surface area contributed by atoms with Crippen LogP contribution in [0.15, 0.2) is 42.7 Å². The highest BCUT2D eigenvalue weighted by molar-refractivity contribution is 7.15. The van der Waals surface area contributed by atoms with Gasteiger partial charge in [0, 0.05) is 18.1 Å². The molecule has 0 spiro atoms. The van der Waals surface area contributed by atoms with Crippen molar-refractivity contribution in [2.45, 2.75) is 58.7 Å². The summed E-state index contributed by atoms with van der Waals surface area (Å²) >= 11 is 1.31. The number of allylic oxidation sites excluding steroid dienone is 2. The van der Waals surface area contributed by atoms with Gasteiger partial charge in [-0.1, -0.05) is 19.9 Å². The third kappa shape index (κ3) is 5.73. The summed E-state index contributed by atoms with van der Waals surface area (Å²) < 4.78 is 39.4. The number of aromatic nitrogens is 3. The van der Waals surface area contributed by atoms with E-state index in [9.17, 15) is 28.2 Å². The van der Waals surface area contributed by atoms with Crippen LogP contribution in [0.1, 0.15) is 63.2 Å². The van der Waals surface area contributed by atoms with Crippen LogP contribution >= 0.6 is 11.3 Å². The summed E-state index contributed by atoms with van der Waals surface area (Å²) in [7, 11) is 0. The predicted molar refractivity (Wildman–Crippen MR) is 140 cm³/mol. The molecule has 1 aliphatic rings. The highest BCUT2D eigenvalue weighted by Gasteiger charge is 2.49. The Hall–Kier alpha value is -3.31. The van der Waals surface area contributed by atoms with Crippen molar-refractivity contribution in [1.29, 1.82) is 0 Å². The van der Waals surface area contributed by atoms with E-state index in [1.165, 1.54) is 11.3 Å². The molecule has 0 bridgehead atoms. The first-order valence-electron chi connectivity index (χ1n) is 12.1. The normalized spacial score (nSPS) is 21.8. The summed E-state index contributed by atoms with van der Waals surface area (Å²) in [6.07, 6.45) is 0.937. The minimum absolute atomic E-state index is 0.183. The Balaban J connectivity index is 1.68. The van der Waals surface area contributed by atoms with E-state index in [-0.39, 0.29) is 18.8 Å². The van der Waals surface area contributed by atoms with Crippen molar-refractivity contribution in [2.24, 2.45) is 11.3 Å². The van der Waals surface area contributed by atoms with Gasteiger partial charge in [-0.3, -0.25) is 4.79 Å². The fourth-order valence-electron chi connectivity index (χ4n) is 4.94. The maximum Gasteiger partial charge on any atom is 0.433 e. The Morgan fingerprint density at radius 1 is 1.24 bits per heavy atom. The second-order valence-electron chi connectivity index (χ2n) is 10.3. The second kappa shape index (κ2) is 10.1. The average Bonchev–Trinajstić information content (AvgIpc) is 3.33. The van der Waals surface area contributed by atoms with Crippen molar-refractivity contribution >= 4 is 34.5 Å². The van der Waals surface area contributed by atoms with Gasteiger partial charge in [-0.25, -0.2) is 15.0 Å². The fraction of sp³-hybridized carbons (Fsp3) is 0.407. The van der Waals surface area contributed by atoms with Gasteiger partial charge >= 0.3 is 12.1 Å². The largest absolute Gasteiger partial charge is 0.481 e. The molecule has 202 valence electrons. The molecule has 2 heterocycles. The van der Waals surface area contributed by atoms with Crippen molar-refractivity contribution in [3.63, 3.8) is 0 Å². The van der Waals surface area contributed by atoms with Crippen LogP contribution in [0.2, 0.25) is 0 Å². The zero-order valence-corrected chi connectivity index (χ0v) is 22.2. The molecular weight excluding hydrogens is 517 g/mol. The van der Waals surface area contributed by atoms with E-state index in [2.05, 4.69) is 20.3 Å². The van der Waals surface area contributed by atoms with Gasteiger partial charge in [-0.05, 0) is 79.5 Å². The van der Waals surface area contributed by atoms with E-state index in [0.29, 0.717) is 17.1 Å². The Morgan fingerprint density at radius 3 is 2.61 bits per heavy atom. The molecule has 0 saturated heterocycles. The molecule has 1 fully saturated rings. The van der Waals surface area contributed by atoms with E-state index in [1.54, 1.807) is 18.3 Å². The third-order valence-electron chi connectivity index (χ3n) is 7.05. The quantitative estimate of drug-likeness (QED) is 0.309. The summed E-state index contributed by atoms with van der Waals surface area (Å²) in [6.45, 7) is 7.51. The van der Waals surface area contributed by atoms with Crippen LogP contribution in [0.25, 0.3) is 16.0 Å². The molecular formula is C27H29F3N4O3S. The highest BCUT2D eigenvalue weighted by Crippen LogP contribution is 2.51. The number of anilines is 2. The number of hydrogen-bond donors (Lipinski definition) is 3. The van der Waals surface area contributed by atoms with Gasteiger partial charge in [0.1, 0.15) is 16.3 Å². The number of rotatable bonds is 6. The minimum atomic E-state index is -4.59. The zero-order chi connectivity index (χ0) is 27.9. The van der Waals surface area contributed by atoms with Crippen LogP contribution < -0.4 is 5.32 Å². The molecule has 3 aromatic rings. The molecule has 7 nitrogen and oxygen atoms in total. The van der Waals surface area contributed by atoms with E-state index in [1.807, 2.05) is 39.8 Å². The molecule has 0 amide bonds. The first-order chi connectivity index (χ1) is 17.7. The summed E-state index contributed by atoms with van der Waals surface area (Å²) in [6, 6.07) is 6.32. The maximum absolute atomic E-state index is 13.1. The molecule has 11 heteroatoms. The lowest BCUT2D eigenvalue weighted by Gasteiger charge is -2.44. The predicted octanol–water partition coefficient (Wildman–Crippen LogP) is 6.88. The summed E-state index contributed by atoms with van der Waals surface area (Å²) in [5, 5.41) is 24.4. The number of alkyl halides is 3. The standard InChI is InChI=1S/C27H29F3N4O3S/c1-5-15(2)16-10-17(12-18(11-16)33-24-31-9-7-21(34-24)27(28,29)30)20-13-32-23(38-20)26(37)8-6-19(22(35)36)25(3,4)14-26/h5,7,9-13,19,37H,6,8,14H2,1-4H3,(H,35,36)(H,31,33,34)/b15-5+/t19-,26-/m1/s1. The number of carbonyl (C=O) groups is 1. The first-order valence-corrected chi connectivity index (χ1v) is 12.9. The number of hydrogen-bond acceptors (Lipinski definition) is 7. The summed E-state index contributed by atoms with van der Waals surface area (Å²) in [5.74, 6) is -1.59. The smallest absolute Gasteiger partial charge is 0.433 e. The van der Waals surface area contributed by atoms with E-state index < -0.39 is 34.8 Å². The van der Waals surface area contributed by atoms with E-state index in [0.717, 1.165) is 33.8 Å². The van der Waals surface area contributed by atoms with Crippen molar-refractivity contribution < 1.29 is 28.2 Å². The number of nitrogens with zero attached hydrogens (tertiary/aromatic N) is 3. The van der Waals surface area contributed by atoms with Crippen molar-refractivity contribution in [3.05, 3.63) is 59.0 Å². The van der Waals surface area contributed by atoms with Crippen LogP contribution in [-0.2, 0) is 16.6 Å². The number of benzene rings is 1. The minimum Gasteiger partial charge on any atom is -0.481 e. The molecule has 3 N–H and O–H groups in total. The molecule has 4 rings (SSSR count). The van der Waals surface area contributed by atoms with Crippen LogP contribution in [0.3, 0.4) is 0 Å². The van der Waals surface area contributed by atoms with E-state index in [4.69, 9.17) is 0 Å². The molecule has 2 aromatic heterocycles. The molecule has 1 aromatic carbocycles. The number of aliphatic hydroxyl groups is 1. The third-order valence-corrected chi connectivity index (χ3v) is 8.29. The number of carboxylic acid groups (broad SMARTS) is 1. The number of thiazole rings is 1. The van der Waals surface area contributed by atoms with Gasteiger partial charge < -0.3 is 15.5 Å². The molecule has 1 saturated carbocycles. The van der Waals surface area contributed by atoms with Crippen LogP contribution in [0.5, 0.6) is 0 Å². The van der Waals surface area contributed by atoms with Gasteiger partial charge in [-0.15, -0.1) is 11.3 Å². The van der Waals surface area contributed by atoms with Crippen LogP contribution in [0.4, 0.5) is 24.8 Å². The van der Waals surface area contributed by atoms with Gasteiger partial charge in [0.05, 0.1) is 10.8 Å². The van der Waals surface area contributed by atoms with Crippen molar-refractivity contribution in [3.8, 4) is 10.4 Å². The average molecular weight is 547 g/mol. The Morgan fingerprint density at radius 2 is 1.97 bits per heavy atom. The SMILES string of the molecule is C/C=C(\C)c1cc(Nc2nccc(C(F)(F)F)n2)cc(-c2cnc([C@@]3(O)CC[C@H](C(=O)O)C(C)(C)C3)s2)c1. The lowest BCUT2D eigenvalue weighted by molar-refractivity contribution is -0.154. The summed E-state index contributed by atoms with van der Waals surface area (Å²) in [4.78, 5) is 24.5. The molecule has 0 aliphatic heterocycles. The van der Waals surface area contributed by atoms with E-state index >= 15 is 0 Å². The lowest BCUT2D eigenvalue weighted by Crippen LogP contribution is -2.44. The van der Waals surface area contributed by atoms with Gasteiger partial charge in [0.15, 0.2) is 0 Å². The molecule has 1 aliphatic carbocycles. The van der Waals surface area contributed by atoms with Gasteiger partial charge in [0.25, 0.3) is 0 Å². The highest BCUT2D eigenvalue weighted by atomic mass is 32.1. The van der Waals surface area contributed by atoms with Crippen molar-refractivity contribution in [2.75, 3.05) is 5.32 Å². The molecule has 0 radical (unpaired) electrons. The Labute approximate surface area is 222 Å². The number of aliphatic carboxylic acids is 1. The first kappa shape index (κ1) is 27.7. The van der Waals surface area contributed by atoms with Gasteiger partial charge in [-0.2, -0.15) is 13.2 Å². The Bertz CT molecular complexity index is 1390. The molecule has 38 heavy (non-hydrogen) atoms.